The molecule has 2 heterocycles. The van der Waals surface area contributed by atoms with E-state index in [2.05, 4.69) is 9.97 Å². The minimum absolute atomic E-state index is 0.0806. The molecule has 0 amide bonds. The monoisotopic (exact) mass is 259 g/mol. The molecule has 2 aromatic heterocycles. The van der Waals surface area contributed by atoms with Crippen molar-refractivity contribution in [3.8, 4) is 11.5 Å². The molecule has 90 valence electrons. The minimum Gasteiger partial charge on any atom is -0.476 e. The zero-order valence-electron chi connectivity index (χ0n) is 9.49. The number of imidazole rings is 1. The standard InChI is InChI=1S/C12H9N3O2S/c1-15-9-5-3-2-4-7(9)13-10(15)8-6-18-11(14-8)12(16)17/h2-6H,1H3,(H,16,17). The lowest BCUT2D eigenvalue weighted by Gasteiger charge is -1.97. The van der Waals surface area contributed by atoms with Crippen molar-refractivity contribution in [2.45, 2.75) is 0 Å². The second kappa shape index (κ2) is 3.92. The maximum atomic E-state index is 10.8. The van der Waals surface area contributed by atoms with E-state index < -0.39 is 5.97 Å². The summed E-state index contributed by atoms with van der Waals surface area (Å²) in [6, 6.07) is 7.75. The van der Waals surface area contributed by atoms with Gasteiger partial charge < -0.3 is 9.67 Å². The fourth-order valence-electron chi connectivity index (χ4n) is 1.85. The number of carboxylic acids is 1. The van der Waals surface area contributed by atoms with E-state index >= 15 is 0 Å². The van der Waals surface area contributed by atoms with Gasteiger partial charge in [0, 0.05) is 12.4 Å². The third-order valence-corrected chi connectivity index (χ3v) is 3.53. The van der Waals surface area contributed by atoms with Crippen LogP contribution in [0, 0.1) is 0 Å². The number of fused-ring (bicyclic) bond motifs is 1. The van der Waals surface area contributed by atoms with Crippen molar-refractivity contribution in [1.82, 2.24) is 14.5 Å². The van der Waals surface area contributed by atoms with Gasteiger partial charge in [-0.1, -0.05) is 12.1 Å². The maximum absolute atomic E-state index is 10.8. The van der Waals surface area contributed by atoms with Crippen LogP contribution in [0.2, 0.25) is 0 Å². The molecule has 0 spiro atoms. The van der Waals surface area contributed by atoms with Crippen LogP contribution in [0.3, 0.4) is 0 Å². The average Bonchev–Trinajstić information content (AvgIpc) is 2.95. The molecule has 6 heteroatoms. The first-order chi connectivity index (χ1) is 8.66. The topological polar surface area (TPSA) is 68.0 Å². The van der Waals surface area contributed by atoms with Gasteiger partial charge in [0.05, 0.1) is 11.0 Å². The summed E-state index contributed by atoms with van der Waals surface area (Å²) < 4.78 is 1.91. The summed E-state index contributed by atoms with van der Waals surface area (Å²) in [5, 5.41) is 10.7. The largest absolute Gasteiger partial charge is 0.476 e. The Labute approximate surface area is 106 Å². The van der Waals surface area contributed by atoms with Gasteiger partial charge in [-0.2, -0.15) is 0 Å². The molecule has 0 aliphatic heterocycles. The Bertz CT molecular complexity index is 745. The van der Waals surface area contributed by atoms with Gasteiger partial charge >= 0.3 is 5.97 Å². The van der Waals surface area contributed by atoms with Crippen LogP contribution in [0.5, 0.6) is 0 Å². The number of nitrogens with zero attached hydrogens (tertiary/aromatic N) is 3. The molecule has 0 unspecified atom stereocenters. The number of aromatic carboxylic acids is 1. The van der Waals surface area contributed by atoms with Crippen LogP contribution in [0.1, 0.15) is 9.80 Å². The Morgan fingerprint density at radius 1 is 1.33 bits per heavy atom. The van der Waals surface area contributed by atoms with Crippen molar-refractivity contribution in [2.75, 3.05) is 0 Å². The molecule has 5 nitrogen and oxygen atoms in total. The van der Waals surface area contributed by atoms with E-state index in [-0.39, 0.29) is 5.01 Å². The van der Waals surface area contributed by atoms with Gasteiger partial charge in [0.25, 0.3) is 0 Å². The molecule has 0 aliphatic rings. The summed E-state index contributed by atoms with van der Waals surface area (Å²) in [5.41, 5.74) is 2.47. The van der Waals surface area contributed by atoms with Gasteiger partial charge in [0.2, 0.25) is 5.01 Å². The number of hydrogen-bond acceptors (Lipinski definition) is 4. The molecular formula is C12H9N3O2S. The highest BCUT2D eigenvalue weighted by Crippen LogP contribution is 2.24. The molecule has 0 radical (unpaired) electrons. The van der Waals surface area contributed by atoms with Crippen molar-refractivity contribution in [2.24, 2.45) is 7.05 Å². The highest BCUT2D eigenvalue weighted by Gasteiger charge is 2.15. The highest BCUT2D eigenvalue weighted by molar-refractivity contribution is 7.11. The van der Waals surface area contributed by atoms with Gasteiger partial charge in [-0.05, 0) is 12.1 Å². The lowest BCUT2D eigenvalue weighted by atomic mass is 10.3. The van der Waals surface area contributed by atoms with Crippen LogP contribution in [-0.4, -0.2) is 25.6 Å². The smallest absolute Gasteiger partial charge is 0.365 e. The Balaban J connectivity index is 2.18. The summed E-state index contributed by atoms with van der Waals surface area (Å²) in [7, 11) is 1.89. The van der Waals surface area contributed by atoms with E-state index in [0.29, 0.717) is 11.5 Å². The fourth-order valence-corrected chi connectivity index (χ4v) is 2.48. The van der Waals surface area contributed by atoms with Gasteiger partial charge in [-0.25, -0.2) is 14.8 Å². The summed E-state index contributed by atoms with van der Waals surface area (Å²) in [6.45, 7) is 0. The maximum Gasteiger partial charge on any atom is 0.365 e. The molecule has 1 N–H and O–H groups in total. The molecule has 0 aliphatic carbocycles. The number of benzene rings is 1. The number of aromatic nitrogens is 3. The summed E-state index contributed by atoms with van der Waals surface area (Å²) in [6.07, 6.45) is 0. The Hall–Kier alpha value is -2.21. The first kappa shape index (κ1) is 10.9. The van der Waals surface area contributed by atoms with Crippen molar-refractivity contribution < 1.29 is 9.90 Å². The Kier molecular flexibility index (Phi) is 2.38. The summed E-state index contributed by atoms with van der Waals surface area (Å²) in [4.78, 5) is 19.4. The Morgan fingerprint density at radius 2 is 2.11 bits per heavy atom. The summed E-state index contributed by atoms with van der Waals surface area (Å²) >= 11 is 1.11. The Morgan fingerprint density at radius 3 is 2.78 bits per heavy atom. The number of aryl methyl sites for hydroxylation is 1. The summed E-state index contributed by atoms with van der Waals surface area (Å²) in [5.74, 6) is -0.329. The average molecular weight is 259 g/mol. The molecule has 1 aromatic carbocycles. The third-order valence-electron chi connectivity index (χ3n) is 2.70. The quantitative estimate of drug-likeness (QED) is 0.767. The molecule has 0 fully saturated rings. The molecule has 0 bridgehead atoms. The van der Waals surface area contributed by atoms with Gasteiger partial charge in [-0.15, -0.1) is 11.3 Å². The van der Waals surface area contributed by atoms with Gasteiger partial charge in [0.15, 0.2) is 5.82 Å². The predicted molar refractivity (Wildman–Crippen MR) is 68.8 cm³/mol. The zero-order valence-corrected chi connectivity index (χ0v) is 10.3. The van der Waals surface area contributed by atoms with Crippen LogP contribution in [-0.2, 0) is 7.05 Å². The van der Waals surface area contributed by atoms with Crippen molar-refractivity contribution >= 4 is 28.3 Å². The molecule has 18 heavy (non-hydrogen) atoms. The predicted octanol–water partition coefficient (Wildman–Crippen LogP) is 2.40. The lowest BCUT2D eigenvalue weighted by Crippen LogP contribution is -1.96. The molecule has 0 saturated heterocycles. The van der Waals surface area contributed by atoms with E-state index in [4.69, 9.17) is 5.11 Å². The molecule has 3 aromatic rings. The van der Waals surface area contributed by atoms with Crippen LogP contribution in [0.25, 0.3) is 22.6 Å². The number of hydrogen-bond donors (Lipinski definition) is 1. The van der Waals surface area contributed by atoms with E-state index in [9.17, 15) is 4.79 Å². The van der Waals surface area contributed by atoms with E-state index in [1.807, 2.05) is 35.9 Å². The normalized spacial score (nSPS) is 10.9. The SMILES string of the molecule is Cn1c(-c2csc(C(=O)O)n2)nc2ccccc21. The van der Waals surface area contributed by atoms with Crippen molar-refractivity contribution in [3.63, 3.8) is 0 Å². The highest BCUT2D eigenvalue weighted by atomic mass is 32.1. The van der Waals surface area contributed by atoms with E-state index in [1.165, 1.54) is 0 Å². The minimum atomic E-state index is -1.01. The molecule has 3 rings (SSSR count). The molecule has 0 saturated carbocycles. The van der Waals surface area contributed by atoms with Crippen LogP contribution < -0.4 is 0 Å². The second-order valence-corrected chi connectivity index (χ2v) is 4.68. The number of para-hydroxylation sites is 2. The van der Waals surface area contributed by atoms with Crippen LogP contribution in [0.15, 0.2) is 29.6 Å². The third kappa shape index (κ3) is 1.58. The van der Waals surface area contributed by atoms with E-state index in [1.54, 1.807) is 5.38 Å². The number of carbonyl (C=O) groups is 1. The number of thiazole rings is 1. The van der Waals surface area contributed by atoms with Crippen molar-refractivity contribution in [1.29, 1.82) is 0 Å². The first-order valence-corrected chi connectivity index (χ1v) is 6.15. The van der Waals surface area contributed by atoms with Crippen molar-refractivity contribution in [3.05, 3.63) is 34.7 Å². The fraction of sp³-hybridized carbons (Fsp3) is 0.0833. The molecule has 0 atom stereocenters. The van der Waals surface area contributed by atoms with Crippen LogP contribution in [0.4, 0.5) is 0 Å². The lowest BCUT2D eigenvalue weighted by molar-refractivity contribution is 0.0696. The number of carboxylic acid groups (broad SMARTS) is 1. The number of rotatable bonds is 2. The molecular weight excluding hydrogens is 250 g/mol. The van der Waals surface area contributed by atoms with Gasteiger partial charge in [0.1, 0.15) is 5.69 Å². The second-order valence-electron chi connectivity index (χ2n) is 3.83. The van der Waals surface area contributed by atoms with Crippen LogP contribution >= 0.6 is 11.3 Å². The zero-order chi connectivity index (χ0) is 12.7. The van der Waals surface area contributed by atoms with E-state index in [0.717, 1.165) is 22.4 Å². The van der Waals surface area contributed by atoms with Gasteiger partial charge in [-0.3, -0.25) is 0 Å². The first-order valence-electron chi connectivity index (χ1n) is 5.27.